The van der Waals surface area contributed by atoms with E-state index in [1.807, 2.05) is 45.0 Å². The van der Waals surface area contributed by atoms with Gasteiger partial charge in [0.15, 0.2) is 5.82 Å². The maximum absolute atomic E-state index is 14.2. The lowest BCUT2D eigenvalue weighted by atomic mass is 9.86. The molecule has 16 nitrogen and oxygen atoms in total. The van der Waals surface area contributed by atoms with Gasteiger partial charge in [0.25, 0.3) is 0 Å². The van der Waals surface area contributed by atoms with Crippen molar-refractivity contribution >= 4 is 134 Å². The Balaban J connectivity index is 0.000000155. The van der Waals surface area contributed by atoms with Crippen LogP contribution in [-0.2, 0) is 43.3 Å². The molecule has 12 N–H and O–H groups in total. The predicted molar refractivity (Wildman–Crippen MR) is 609 cm³/mol. The summed E-state index contributed by atoms with van der Waals surface area (Å²) in [7, 11) is 0. The number of nitrogens with zero attached hydrogens (tertiary/aromatic N) is 8. The molecule has 0 aliphatic heterocycles. The number of rotatable bonds is 10. The van der Waals surface area contributed by atoms with E-state index in [0.29, 0.717) is 75.9 Å². The first-order valence-corrected chi connectivity index (χ1v) is 51.0. The number of nitrogen functional groups attached to an aromatic ring is 4. The van der Waals surface area contributed by atoms with Crippen LogP contribution in [0.15, 0.2) is 218 Å². The molecule has 2 fully saturated rings. The summed E-state index contributed by atoms with van der Waals surface area (Å²) in [6, 6.07) is 76.7. The van der Waals surface area contributed by atoms with Crippen LogP contribution >= 0.6 is 0 Å². The second kappa shape index (κ2) is 44.9. The number of anilines is 8. The van der Waals surface area contributed by atoms with E-state index in [-0.39, 0.29) is 55.0 Å². The summed E-state index contributed by atoms with van der Waals surface area (Å²) in [4.78, 5) is 35.9. The molecule has 0 unspecified atom stereocenters. The van der Waals surface area contributed by atoms with Crippen LogP contribution in [0.5, 0.6) is 0 Å². The van der Waals surface area contributed by atoms with Crippen LogP contribution in [0.25, 0.3) is 87.2 Å². The van der Waals surface area contributed by atoms with E-state index >= 15 is 0 Å². The Morgan fingerprint density at radius 2 is 0.549 bits per heavy atom. The van der Waals surface area contributed by atoms with Crippen LogP contribution in [0, 0.1) is 11.6 Å². The first kappa shape index (κ1) is 110. The van der Waals surface area contributed by atoms with Crippen LogP contribution in [0.1, 0.15) is 328 Å². The summed E-state index contributed by atoms with van der Waals surface area (Å²) in [6.07, 6.45) is 7.81. The Hall–Kier alpha value is -12.7. The average Bonchev–Trinajstić information content (AvgIpc) is 0.771. The maximum Gasteiger partial charge on any atom is 0.153 e. The molecule has 142 heavy (non-hydrogen) atoms. The fraction of sp³-hybridized carbons (Fsp3) is 0.419. The van der Waals surface area contributed by atoms with Crippen LogP contribution < -0.4 is 44.2 Å². The zero-order valence-corrected chi connectivity index (χ0v) is 91.1. The summed E-state index contributed by atoms with van der Waals surface area (Å²) in [6.45, 7) is 69.3. The molecular formula is C124H162F2N16. The zero-order valence-electron chi connectivity index (χ0n) is 91.1. The molecule has 2 aliphatic rings. The van der Waals surface area contributed by atoms with Gasteiger partial charge in [-0.1, -0.05) is 261 Å². The lowest BCUT2D eigenvalue weighted by Gasteiger charge is -2.27. The van der Waals surface area contributed by atoms with E-state index in [1.54, 1.807) is 24.3 Å². The smallest absolute Gasteiger partial charge is 0.153 e. The normalized spacial score (nSPS) is 13.3. The van der Waals surface area contributed by atoms with Crippen molar-refractivity contribution in [2.45, 2.75) is 339 Å². The van der Waals surface area contributed by atoms with E-state index < -0.39 is 0 Å². The van der Waals surface area contributed by atoms with Gasteiger partial charge in [0.05, 0.1) is 33.1 Å². The summed E-state index contributed by atoms with van der Waals surface area (Å²) >= 11 is 0. The van der Waals surface area contributed by atoms with Gasteiger partial charge in [-0.3, -0.25) is 0 Å². The maximum atomic E-state index is 14.2. The largest absolute Gasteiger partial charge is 0.384 e. The van der Waals surface area contributed by atoms with Crippen LogP contribution in [0.2, 0.25) is 0 Å². The van der Waals surface area contributed by atoms with Crippen molar-refractivity contribution in [2.24, 2.45) is 0 Å². The van der Waals surface area contributed by atoms with Crippen molar-refractivity contribution in [3.05, 3.63) is 286 Å². The highest BCUT2D eigenvalue weighted by Crippen LogP contribution is 2.38. The third-order valence-electron chi connectivity index (χ3n) is 26.0. The van der Waals surface area contributed by atoms with E-state index in [1.165, 1.54) is 110 Å². The first-order valence-electron chi connectivity index (χ1n) is 51.0. The fourth-order valence-electron chi connectivity index (χ4n) is 16.4. The van der Waals surface area contributed by atoms with Gasteiger partial charge in [-0.15, -0.1) is 0 Å². The molecule has 0 saturated heterocycles. The Kier molecular flexibility index (Phi) is 34.6. The second-order valence-corrected chi connectivity index (χ2v) is 48.1. The molecule has 2 aliphatic carbocycles. The lowest BCUT2D eigenvalue weighted by Crippen LogP contribution is -2.27. The SMILES string of the molecule is CC(C)(C)c1cc(F)c2nc(N)ccc2c1.CC(C)(C)c1ccc2ccc(N)nc2c1F.CC(C)(C)c1ccc2ccc(NC3CCC3)nc2c1.CC(C)(C)c1ccc2nc(NC3CCC3)ccc2c1.CC(C)Nc1ccc2cc(C(C)(C)C)ccc2n1.CC(C)Nc1ccc2ccc(C(C)(C)C)cc2n1.CC(C)c1cc2cc(C(C)(C)C)ccc2nc1N.CC(C)c1cc2ccc(C(C)(C)C)cc2nc1N. The number of benzene rings is 8. The van der Waals surface area contributed by atoms with Crippen molar-refractivity contribution in [2.75, 3.05) is 44.2 Å². The Morgan fingerprint density at radius 3 is 0.937 bits per heavy atom. The minimum Gasteiger partial charge on any atom is -0.384 e. The minimum absolute atomic E-state index is 0.0730. The van der Waals surface area contributed by atoms with Crippen molar-refractivity contribution in [1.29, 1.82) is 0 Å². The minimum atomic E-state index is -0.310. The molecule has 18 rings (SSSR count). The van der Waals surface area contributed by atoms with Gasteiger partial charge < -0.3 is 44.2 Å². The summed E-state index contributed by atoms with van der Waals surface area (Å²) in [5, 5.41) is 22.5. The van der Waals surface area contributed by atoms with E-state index in [4.69, 9.17) is 32.9 Å². The van der Waals surface area contributed by atoms with Crippen molar-refractivity contribution in [1.82, 2.24) is 39.9 Å². The Morgan fingerprint density at radius 1 is 0.261 bits per heavy atom. The number of halogens is 2. The molecule has 18 heteroatoms. The molecule has 752 valence electrons. The number of hydrogen-bond acceptors (Lipinski definition) is 16. The number of aromatic nitrogens is 8. The number of nitrogens with two attached hydrogens (primary N) is 4. The third-order valence-corrected chi connectivity index (χ3v) is 26.0. The molecule has 0 spiro atoms. The second-order valence-electron chi connectivity index (χ2n) is 48.1. The molecule has 8 aromatic heterocycles. The average molecular weight is 1910 g/mol. The van der Waals surface area contributed by atoms with E-state index in [0.717, 1.165) is 83.8 Å². The number of hydrogen-bond donors (Lipinski definition) is 8. The fourth-order valence-corrected chi connectivity index (χ4v) is 16.4. The molecule has 0 amide bonds. The highest BCUT2D eigenvalue weighted by Gasteiger charge is 2.26. The van der Waals surface area contributed by atoms with Crippen molar-refractivity contribution < 1.29 is 8.78 Å². The van der Waals surface area contributed by atoms with E-state index in [2.05, 4.69) is 416 Å². The summed E-state index contributed by atoms with van der Waals surface area (Å²) < 4.78 is 28.1. The van der Waals surface area contributed by atoms with Crippen LogP contribution in [0.3, 0.4) is 0 Å². The van der Waals surface area contributed by atoms with Crippen LogP contribution in [0.4, 0.5) is 55.3 Å². The number of fused-ring (bicyclic) bond motifs is 8. The predicted octanol–water partition coefficient (Wildman–Crippen LogP) is 32.7. The van der Waals surface area contributed by atoms with Gasteiger partial charge in [-0.25, -0.2) is 48.7 Å². The molecule has 0 bridgehead atoms. The van der Waals surface area contributed by atoms with Gasteiger partial charge >= 0.3 is 0 Å². The standard InChI is InChI=1S/2C17H22N2.4C16H22N2.2C13H15FN2/c1-17(2,3)13-8-9-15-12(11-13)7-10-16(19-15)18-14-5-4-6-14;1-17(2,3)13-9-7-12-8-10-16(19-15(12)11-13)18-14-5-4-6-14;1-11(2)17-15-9-6-12-10-13(16(3,4)5)7-8-14(12)18-15;1-11(2)17-15-9-7-12-6-8-13(16(3,4)5)10-14(12)18-15;1-10(2)13-9-11-8-12(16(3,4)5)6-7-14(11)18-15(13)17;1-10(2)13-8-11-6-7-12(16(3,4)5)9-14(11)18-15(13)17;1-13(2,3)9-6-4-8-5-7-10(15)16-12(8)11(9)14;1-13(2,3)9-6-8-4-5-11(15)16-12(8)10(14)7-9/h2*7-11,14H,4-6H2,1-3H3,(H,18,19);2*6-11H,1-5H3,(H,17,18);2*6-10H,1-5H3,(H2,17,18);2*4-7H,1-3H3,(H2,15,16). The van der Waals surface area contributed by atoms with Crippen molar-refractivity contribution in [3.63, 3.8) is 0 Å². The Bertz CT molecular complexity index is 7050. The van der Waals surface area contributed by atoms with Crippen LogP contribution in [-0.4, -0.2) is 64.0 Å². The topological polar surface area (TPSA) is 255 Å². The summed E-state index contributed by atoms with van der Waals surface area (Å²) in [5.41, 5.74) is 42.7. The van der Waals surface area contributed by atoms with Gasteiger partial charge in [-0.05, 0) is 329 Å². The highest BCUT2D eigenvalue weighted by molar-refractivity contribution is 5.88. The molecule has 2 saturated carbocycles. The monoisotopic (exact) mass is 1910 g/mol. The molecule has 16 aromatic rings. The van der Waals surface area contributed by atoms with Gasteiger partial charge in [-0.2, -0.15) is 0 Å². The van der Waals surface area contributed by atoms with Gasteiger partial charge in [0.1, 0.15) is 63.4 Å². The molecule has 0 radical (unpaired) electrons. The Labute approximate surface area is 846 Å². The highest BCUT2D eigenvalue weighted by atomic mass is 19.1. The number of pyridine rings is 8. The molecule has 8 heterocycles. The quantitative estimate of drug-likeness (QED) is 0.0633. The third kappa shape index (κ3) is 30.0. The van der Waals surface area contributed by atoms with E-state index in [9.17, 15) is 8.78 Å². The lowest BCUT2D eigenvalue weighted by molar-refractivity contribution is 0.444. The zero-order chi connectivity index (χ0) is 104. The van der Waals surface area contributed by atoms with Crippen molar-refractivity contribution in [3.8, 4) is 0 Å². The summed E-state index contributed by atoms with van der Waals surface area (Å²) in [5.74, 6) is 6.15. The molecule has 0 atom stereocenters. The first-order chi connectivity index (χ1) is 66.1. The van der Waals surface area contributed by atoms with Gasteiger partial charge in [0, 0.05) is 67.3 Å². The molecular weight excluding hydrogens is 1750 g/mol. The molecule has 8 aromatic carbocycles. The van der Waals surface area contributed by atoms with Gasteiger partial charge in [0.2, 0.25) is 0 Å². The number of nitrogens with one attached hydrogen (secondary N) is 4.